The summed E-state index contributed by atoms with van der Waals surface area (Å²) in [6, 6.07) is 6.78. The van der Waals surface area contributed by atoms with Crippen molar-refractivity contribution in [2.24, 2.45) is 0 Å². The Balaban J connectivity index is 1.64. The molecule has 1 fully saturated rings. The lowest BCUT2D eigenvalue weighted by Crippen LogP contribution is -2.47. The third kappa shape index (κ3) is 4.43. The van der Waals surface area contributed by atoms with Crippen molar-refractivity contribution in [3.05, 3.63) is 35.7 Å². The number of anilines is 1. The first-order chi connectivity index (χ1) is 12.4. The number of nitrogens with one attached hydrogen (secondary N) is 2. The van der Waals surface area contributed by atoms with E-state index in [0.717, 1.165) is 48.4 Å². The molecule has 6 nitrogen and oxygen atoms in total. The van der Waals surface area contributed by atoms with Gasteiger partial charge in [-0.25, -0.2) is 9.78 Å². The maximum Gasteiger partial charge on any atom is 0.321 e. The summed E-state index contributed by atoms with van der Waals surface area (Å²) in [5, 5.41) is 6.60. The number of carbonyl (C=O) groups is 1. The molecule has 0 saturated carbocycles. The highest BCUT2D eigenvalue weighted by molar-refractivity contribution is 5.91. The molecule has 1 saturated heterocycles. The summed E-state index contributed by atoms with van der Waals surface area (Å²) >= 11 is 0. The Morgan fingerprint density at radius 2 is 2.00 bits per heavy atom. The second kappa shape index (κ2) is 7.91. The van der Waals surface area contributed by atoms with Crippen LogP contribution < -0.4 is 10.6 Å². The van der Waals surface area contributed by atoms with Gasteiger partial charge in [-0.05, 0) is 44.4 Å². The summed E-state index contributed by atoms with van der Waals surface area (Å²) in [6.07, 6.45) is 3.60. The van der Waals surface area contributed by atoms with Gasteiger partial charge in [0.25, 0.3) is 0 Å². The highest BCUT2D eigenvalue weighted by Gasteiger charge is 2.23. The van der Waals surface area contributed by atoms with Crippen LogP contribution in [0.2, 0.25) is 0 Å². The van der Waals surface area contributed by atoms with Crippen LogP contribution in [-0.2, 0) is 0 Å². The molecule has 0 spiro atoms. The van der Waals surface area contributed by atoms with Crippen LogP contribution in [0.1, 0.15) is 37.9 Å². The molecule has 140 valence electrons. The Labute approximate surface area is 155 Å². The van der Waals surface area contributed by atoms with Gasteiger partial charge in [0.1, 0.15) is 6.26 Å². The molecule has 2 heterocycles. The molecular weight excluding hydrogens is 328 g/mol. The van der Waals surface area contributed by atoms with Gasteiger partial charge in [0.15, 0.2) is 0 Å². The zero-order chi connectivity index (χ0) is 18.7. The molecule has 0 radical (unpaired) electrons. The number of nitrogens with zero attached hydrogens (tertiary/aromatic N) is 2. The number of piperidine rings is 1. The molecule has 2 N–H and O–H groups in total. The van der Waals surface area contributed by atoms with E-state index in [1.54, 1.807) is 6.26 Å². The highest BCUT2D eigenvalue weighted by atomic mass is 16.3. The Morgan fingerprint density at radius 3 is 2.62 bits per heavy atom. The van der Waals surface area contributed by atoms with Gasteiger partial charge < -0.3 is 20.0 Å². The summed E-state index contributed by atoms with van der Waals surface area (Å²) < 4.78 is 5.47. The van der Waals surface area contributed by atoms with E-state index in [-0.39, 0.29) is 6.03 Å². The highest BCUT2D eigenvalue weighted by Crippen LogP contribution is 2.25. The maximum absolute atomic E-state index is 12.7. The molecule has 0 unspecified atom stereocenters. The molecule has 0 atom stereocenters. The molecular formula is C20H28N4O2. The van der Waals surface area contributed by atoms with Crippen molar-refractivity contribution < 1.29 is 9.21 Å². The van der Waals surface area contributed by atoms with Gasteiger partial charge in [-0.3, -0.25) is 0 Å². The van der Waals surface area contributed by atoms with Crippen LogP contribution in [0.5, 0.6) is 0 Å². The van der Waals surface area contributed by atoms with E-state index in [1.165, 1.54) is 0 Å². The van der Waals surface area contributed by atoms with Crippen molar-refractivity contribution in [2.45, 2.75) is 52.6 Å². The van der Waals surface area contributed by atoms with E-state index >= 15 is 0 Å². The minimum atomic E-state index is -0.0446. The van der Waals surface area contributed by atoms with Crippen molar-refractivity contribution >= 4 is 11.7 Å². The molecule has 2 amide bonds. The average Bonchev–Trinajstić information content (AvgIpc) is 3.03. The average molecular weight is 356 g/mol. The quantitative estimate of drug-likeness (QED) is 0.870. The van der Waals surface area contributed by atoms with Crippen LogP contribution in [0.4, 0.5) is 10.5 Å². The van der Waals surface area contributed by atoms with E-state index in [0.29, 0.717) is 18.0 Å². The molecule has 0 aliphatic carbocycles. The summed E-state index contributed by atoms with van der Waals surface area (Å²) in [4.78, 5) is 18.9. The molecule has 1 aliphatic rings. The Kier molecular flexibility index (Phi) is 5.61. The third-order valence-corrected chi connectivity index (χ3v) is 4.70. The van der Waals surface area contributed by atoms with Gasteiger partial charge in [0.05, 0.1) is 5.69 Å². The largest absolute Gasteiger partial charge is 0.444 e. The topological polar surface area (TPSA) is 70.4 Å². The van der Waals surface area contributed by atoms with E-state index in [1.807, 2.05) is 36.9 Å². The van der Waals surface area contributed by atoms with Gasteiger partial charge in [-0.2, -0.15) is 0 Å². The number of urea groups is 1. The first-order valence-corrected chi connectivity index (χ1v) is 9.27. The smallest absolute Gasteiger partial charge is 0.321 e. The number of carbonyl (C=O) groups excluding carboxylic acids is 1. The zero-order valence-electron chi connectivity index (χ0n) is 16.0. The summed E-state index contributed by atoms with van der Waals surface area (Å²) in [7, 11) is 0. The van der Waals surface area contributed by atoms with Gasteiger partial charge in [-0.15, -0.1) is 0 Å². The number of likely N-dealkylation sites (tertiary alicyclic amines) is 1. The number of hydrogen-bond donors (Lipinski definition) is 2. The standard InChI is InChI=1S/C20H28N4O2/c1-13(2)21-17-7-9-24(10-8-17)20(25)23-18-11-16(6-5-14(18)3)19-22-15(4)12-26-19/h5-6,11-13,17,21H,7-10H2,1-4H3,(H,23,25). The summed E-state index contributed by atoms with van der Waals surface area (Å²) in [5.74, 6) is 0.568. The minimum absolute atomic E-state index is 0.0446. The van der Waals surface area contributed by atoms with Crippen LogP contribution in [-0.4, -0.2) is 41.1 Å². The van der Waals surface area contributed by atoms with E-state index in [2.05, 4.69) is 29.5 Å². The first-order valence-electron chi connectivity index (χ1n) is 9.27. The van der Waals surface area contributed by atoms with Crippen molar-refractivity contribution in [3.63, 3.8) is 0 Å². The van der Waals surface area contributed by atoms with E-state index < -0.39 is 0 Å². The number of aryl methyl sites for hydroxylation is 2. The molecule has 26 heavy (non-hydrogen) atoms. The first kappa shape index (κ1) is 18.5. The van der Waals surface area contributed by atoms with Crippen LogP contribution >= 0.6 is 0 Å². The SMILES string of the molecule is Cc1coc(-c2ccc(C)c(NC(=O)N3CCC(NC(C)C)CC3)c2)n1. The number of rotatable bonds is 4. The fourth-order valence-corrected chi connectivity index (χ4v) is 3.29. The Hall–Kier alpha value is -2.34. The van der Waals surface area contributed by atoms with Crippen molar-refractivity contribution in [3.8, 4) is 11.5 Å². The molecule has 3 rings (SSSR count). The van der Waals surface area contributed by atoms with Crippen LogP contribution in [0.3, 0.4) is 0 Å². The number of oxazole rings is 1. The number of amides is 2. The second-order valence-electron chi connectivity index (χ2n) is 7.34. The lowest BCUT2D eigenvalue weighted by molar-refractivity contribution is 0.187. The Morgan fingerprint density at radius 1 is 1.27 bits per heavy atom. The molecule has 1 aromatic carbocycles. The molecule has 6 heteroatoms. The molecule has 2 aromatic rings. The van der Waals surface area contributed by atoms with Gasteiger partial charge >= 0.3 is 6.03 Å². The lowest BCUT2D eigenvalue weighted by atomic mass is 10.0. The number of hydrogen-bond acceptors (Lipinski definition) is 4. The van der Waals surface area contributed by atoms with Crippen LogP contribution in [0.25, 0.3) is 11.5 Å². The monoisotopic (exact) mass is 356 g/mol. The fourth-order valence-electron chi connectivity index (χ4n) is 3.29. The maximum atomic E-state index is 12.7. The minimum Gasteiger partial charge on any atom is -0.444 e. The molecule has 1 aliphatic heterocycles. The fraction of sp³-hybridized carbons (Fsp3) is 0.500. The normalized spacial score (nSPS) is 15.5. The number of aromatic nitrogens is 1. The second-order valence-corrected chi connectivity index (χ2v) is 7.34. The van der Waals surface area contributed by atoms with Crippen molar-refractivity contribution in [2.75, 3.05) is 18.4 Å². The predicted octanol–water partition coefficient (Wildman–Crippen LogP) is 3.95. The van der Waals surface area contributed by atoms with Crippen molar-refractivity contribution in [1.82, 2.24) is 15.2 Å². The van der Waals surface area contributed by atoms with E-state index in [4.69, 9.17) is 4.42 Å². The molecule has 0 bridgehead atoms. The van der Waals surface area contributed by atoms with Gasteiger partial charge in [0, 0.05) is 36.4 Å². The van der Waals surface area contributed by atoms with Crippen LogP contribution in [0, 0.1) is 13.8 Å². The van der Waals surface area contributed by atoms with Crippen LogP contribution in [0.15, 0.2) is 28.9 Å². The number of benzene rings is 1. The zero-order valence-corrected chi connectivity index (χ0v) is 16.0. The third-order valence-electron chi connectivity index (χ3n) is 4.70. The summed E-state index contributed by atoms with van der Waals surface area (Å²) in [6.45, 7) is 9.73. The Bertz CT molecular complexity index is 761. The van der Waals surface area contributed by atoms with Gasteiger partial charge in [-0.1, -0.05) is 19.9 Å². The molecule has 1 aromatic heterocycles. The van der Waals surface area contributed by atoms with Crippen molar-refractivity contribution in [1.29, 1.82) is 0 Å². The van der Waals surface area contributed by atoms with Gasteiger partial charge in [0.2, 0.25) is 5.89 Å². The predicted molar refractivity (Wildman–Crippen MR) is 103 cm³/mol. The summed E-state index contributed by atoms with van der Waals surface area (Å²) in [5.41, 5.74) is 3.51. The lowest BCUT2D eigenvalue weighted by Gasteiger charge is -2.33. The van der Waals surface area contributed by atoms with E-state index in [9.17, 15) is 4.79 Å².